The average molecular weight is 763 g/mol. The van der Waals surface area contributed by atoms with Crippen molar-refractivity contribution in [3.05, 3.63) is 115 Å². The third-order valence-corrected chi connectivity index (χ3v) is 9.77. The second-order valence-corrected chi connectivity index (χ2v) is 13.6. The van der Waals surface area contributed by atoms with Crippen LogP contribution in [0.5, 0.6) is 0 Å². The van der Waals surface area contributed by atoms with E-state index >= 15 is 0 Å². The molecule has 5 heterocycles. The monoisotopic (exact) mass is 762 g/mol. The third-order valence-electron chi connectivity index (χ3n) is 9.77. The van der Waals surface area contributed by atoms with Crippen molar-refractivity contribution in [2.24, 2.45) is 0 Å². The molecular weight excluding hydrogens is 726 g/mol. The Balaban J connectivity index is 0.886. The number of nitrogens with one attached hydrogen (secondary N) is 1. The number of fused-ring (bicyclic) bond motifs is 2. The highest BCUT2D eigenvalue weighted by Crippen LogP contribution is 2.29. The molecule has 0 radical (unpaired) electrons. The van der Waals surface area contributed by atoms with E-state index in [4.69, 9.17) is 0 Å². The lowest BCUT2D eigenvalue weighted by atomic mass is 10.1. The minimum absolute atomic E-state index is 0.0613. The van der Waals surface area contributed by atoms with Crippen LogP contribution >= 0.6 is 0 Å². The number of aryl methyl sites for hydroxylation is 1. The van der Waals surface area contributed by atoms with E-state index in [1.165, 1.54) is 15.9 Å². The minimum Gasteiger partial charge on any atom is -0.351 e. The maximum atomic E-state index is 13.7. The molecule has 286 valence electrons. The molecule has 1 unspecified atom stereocenters. The summed E-state index contributed by atoms with van der Waals surface area (Å²) in [5, 5.41) is 20.5. The van der Waals surface area contributed by atoms with E-state index in [9.17, 15) is 22.8 Å². The van der Waals surface area contributed by atoms with Gasteiger partial charge in [-0.05, 0) is 23.3 Å². The van der Waals surface area contributed by atoms with Gasteiger partial charge in [0.1, 0.15) is 18.1 Å². The molecule has 1 atom stereocenters. The zero-order valence-corrected chi connectivity index (χ0v) is 30.1. The molecule has 8 rings (SSSR count). The minimum atomic E-state index is -4.68. The van der Waals surface area contributed by atoms with Gasteiger partial charge in [0.15, 0.2) is 17.0 Å². The molecule has 1 fully saturated rings. The number of halogens is 3. The quantitative estimate of drug-likeness (QED) is 0.187. The molecule has 1 aliphatic heterocycles. The van der Waals surface area contributed by atoms with Crippen molar-refractivity contribution in [2.75, 3.05) is 31.1 Å². The van der Waals surface area contributed by atoms with Crippen LogP contribution in [0.4, 0.5) is 19.0 Å². The maximum absolute atomic E-state index is 13.7. The highest BCUT2D eigenvalue weighted by Gasteiger charge is 2.39. The van der Waals surface area contributed by atoms with Crippen molar-refractivity contribution >= 4 is 39.7 Å². The smallest absolute Gasteiger partial charge is 0.351 e. The number of hydrogen-bond donors (Lipinski definition) is 1. The van der Waals surface area contributed by atoms with Crippen LogP contribution in [0.2, 0.25) is 0 Å². The zero-order chi connectivity index (χ0) is 38.6. The first kappa shape index (κ1) is 36.3. The molecule has 14 nitrogen and oxygen atoms in total. The number of amides is 2. The largest absolute Gasteiger partial charge is 0.391 e. The summed E-state index contributed by atoms with van der Waals surface area (Å²) in [5.74, 6) is -0.975. The Morgan fingerprint density at radius 2 is 1.55 bits per heavy atom. The third kappa shape index (κ3) is 8.06. The Morgan fingerprint density at radius 1 is 0.821 bits per heavy atom. The van der Waals surface area contributed by atoms with Crippen LogP contribution in [0.15, 0.2) is 104 Å². The Morgan fingerprint density at radius 3 is 2.32 bits per heavy atom. The number of rotatable bonds is 12. The number of alkyl halides is 3. The summed E-state index contributed by atoms with van der Waals surface area (Å²) in [5.41, 5.74) is 5.78. The van der Waals surface area contributed by atoms with E-state index in [1.807, 2.05) is 89.8 Å². The second kappa shape index (κ2) is 15.6. The number of carbonyl (C=O) groups excluding carboxylic acids is 2. The number of hydrogen-bond acceptors (Lipinski definition) is 9. The van der Waals surface area contributed by atoms with Crippen molar-refractivity contribution in [1.82, 2.24) is 54.7 Å². The van der Waals surface area contributed by atoms with E-state index in [1.54, 1.807) is 10.9 Å². The van der Waals surface area contributed by atoms with Crippen molar-refractivity contribution in [3.63, 3.8) is 0 Å². The van der Waals surface area contributed by atoms with E-state index in [0.717, 1.165) is 27.7 Å². The van der Waals surface area contributed by atoms with Gasteiger partial charge in [0.2, 0.25) is 11.8 Å². The van der Waals surface area contributed by atoms with E-state index in [-0.39, 0.29) is 39.1 Å². The van der Waals surface area contributed by atoms with Crippen LogP contribution in [-0.4, -0.2) is 99.6 Å². The maximum Gasteiger partial charge on any atom is 0.391 e. The first-order valence-corrected chi connectivity index (χ1v) is 18.2. The molecule has 7 aromatic rings. The molecule has 1 saturated heterocycles. The topological polar surface area (TPSA) is 145 Å². The van der Waals surface area contributed by atoms with Crippen molar-refractivity contribution in [2.45, 2.75) is 44.7 Å². The summed E-state index contributed by atoms with van der Waals surface area (Å²) < 4.78 is 46.4. The lowest BCUT2D eigenvalue weighted by Gasteiger charge is -2.37. The predicted octanol–water partition coefficient (Wildman–Crippen LogP) is 4.71. The highest BCUT2D eigenvalue weighted by atomic mass is 19.4. The van der Waals surface area contributed by atoms with Gasteiger partial charge in [-0.25, -0.2) is 14.6 Å². The number of carbonyl (C=O) groups is 2. The van der Waals surface area contributed by atoms with Gasteiger partial charge in [-0.15, -0.1) is 10.2 Å². The van der Waals surface area contributed by atoms with Crippen LogP contribution < -0.4 is 10.2 Å². The number of aromatic nitrogens is 9. The van der Waals surface area contributed by atoms with E-state index in [0.29, 0.717) is 35.8 Å². The van der Waals surface area contributed by atoms with Gasteiger partial charge in [-0.3, -0.25) is 14.3 Å². The molecule has 3 aromatic carbocycles. The summed E-state index contributed by atoms with van der Waals surface area (Å²) in [4.78, 5) is 38.6. The number of para-hydroxylation sites is 1. The van der Waals surface area contributed by atoms with Crippen LogP contribution in [0.3, 0.4) is 0 Å². The van der Waals surface area contributed by atoms with Crippen molar-refractivity contribution in [1.29, 1.82) is 0 Å². The number of benzene rings is 3. The van der Waals surface area contributed by atoms with Gasteiger partial charge >= 0.3 is 6.18 Å². The highest BCUT2D eigenvalue weighted by molar-refractivity contribution is 5.89. The molecule has 56 heavy (non-hydrogen) atoms. The number of anilines is 1. The summed E-state index contributed by atoms with van der Waals surface area (Å²) >= 11 is 0. The molecule has 17 heteroatoms. The second-order valence-electron chi connectivity index (χ2n) is 13.6. The van der Waals surface area contributed by atoms with Crippen LogP contribution in [0.25, 0.3) is 33.3 Å². The lowest BCUT2D eigenvalue weighted by Crippen LogP contribution is -2.56. The van der Waals surface area contributed by atoms with Crippen LogP contribution in [-0.2, 0) is 29.2 Å². The predicted molar refractivity (Wildman–Crippen MR) is 201 cm³/mol. The summed E-state index contributed by atoms with van der Waals surface area (Å²) in [7, 11) is 0. The van der Waals surface area contributed by atoms with E-state index < -0.39 is 30.5 Å². The van der Waals surface area contributed by atoms with Gasteiger partial charge in [0.25, 0.3) is 0 Å². The van der Waals surface area contributed by atoms with Crippen molar-refractivity contribution < 1.29 is 22.8 Å². The number of nitrogens with zero attached hydrogens (tertiary/aromatic N) is 11. The SMILES string of the molecule is O=C(CCn1cc(Cn2c(-c3ccccc3)cc3ccccc32)nn1)NC(CC(F)(F)F)C(=O)N1CCN(c2ncnc3c2nnn3Cc2ccccc2)CC1. The van der Waals surface area contributed by atoms with Gasteiger partial charge in [-0.1, -0.05) is 89.3 Å². The van der Waals surface area contributed by atoms with Crippen molar-refractivity contribution in [3.8, 4) is 11.3 Å². The average Bonchev–Trinajstić information content (AvgIpc) is 3.94. The summed E-state index contributed by atoms with van der Waals surface area (Å²) in [6.45, 7) is 1.76. The van der Waals surface area contributed by atoms with Gasteiger partial charge in [0, 0.05) is 49.2 Å². The fourth-order valence-corrected chi connectivity index (χ4v) is 7.06. The van der Waals surface area contributed by atoms with Gasteiger partial charge < -0.3 is 19.7 Å². The Hall–Kier alpha value is -6.65. The Labute approximate surface area is 318 Å². The Kier molecular flexibility index (Phi) is 10.1. The first-order chi connectivity index (χ1) is 27.2. The summed E-state index contributed by atoms with van der Waals surface area (Å²) in [6.07, 6.45) is -3.24. The molecule has 1 N–H and O–H groups in total. The normalized spacial score (nSPS) is 14.1. The van der Waals surface area contributed by atoms with Gasteiger partial charge in [0.05, 0.1) is 32.3 Å². The fourth-order valence-electron chi connectivity index (χ4n) is 7.06. The first-order valence-electron chi connectivity index (χ1n) is 18.2. The zero-order valence-electron chi connectivity index (χ0n) is 30.1. The molecule has 4 aromatic heterocycles. The van der Waals surface area contributed by atoms with Crippen LogP contribution in [0.1, 0.15) is 24.1 Å². The summed E-state index contributed by atoms with van der Waals surface area (Å²) in [6, 6.07) is 28.1. The molecule has 2 amide bonds. The molecule has 1 aliphatic rings. The van der Waals surface area contributed by atoms with Gasteiger partial charge in [-0.2, -0.15) is 13.2 Å². The molecule has 0 aliphatic carbocycles. The molecule has 0 spiro atoms. The number of piperazine rings is 1. The standard InChI is InChI=1S/C39H37F3N12O2/c40-39(41,42)22-31(38(56)51-19-17-50(18-20-51)36-35-37(44-26-43-36)54(49-47-35)23-27-9-3-1-4-10-27)45-34(55)15-16-52-24-30(46-48-52)25-53-32-14-8-7-13-29(32)21-33(53)28-11-5-2-6-12-28/h1-14,21,24,26,31H,15-20,22-23,25H2,(H,45,55). The fraction of sp³-hybridized carbons (Fsp3) is 0.282. The lowest BCUT2D eigenvalue weighted by molar-refractivity contribution is -0.156. The molecular formula is C39H37F3N12O2. The van der Waals surface area contributed by atoms with Crippen LogP contribution in [0, 0.1) is 0 Å². The molecule has 0 bridgehead atoms. The molecule has 0 saturated carbocycles. The van der Waals surface area contributed by atoms with E-state index in [2.05, 4.69) is 46.5 Å². The Bertz CT molecular complexity index is 2460.